The summed E-state index contributed by atoms with van der Waals surface area (Å²) in [7, 11) is 0. The summed E-state index contributed by atoms with van der Waals surface area (Å²) in [6, 6.07) is 7.52. The lowest BCUT2D eigenvalue weighted by Gasteiger charge is -2.64. The Labute approximate surface area is 162 Å². The van der Waals surface area contributed by atoms with E-state index < -0.39 is 0 Å². The van der Waals surface area contributed by atoms with E-state index in [0.717, 1.165) is 30.6 Å². The number of nitrogens with one attached hydrogen (secondary N) is 2. The Morgan fingerprint density at radius 3 is 2.11 bits per heavy atom. The molecule has 0 saturated heterocycles. The molecular formula is C23H32N2O2. The monoisotopic (exact) mass is 368 g/mol. The summed E-state index contributed by atoms with van der Waals surface area (Å²) in [6.45, 7) is 8.52. The van der Waals surface area contributed by atoms with Gasteiger partial charge in [0.1, 0.15) is 0 Å². The maximum atomic E-state index is 13.4. The van der Waals surface area contributed by atoms with Crippen molar-refractivity contribution in [3.63, 3.8) is 0 Å². The summed E-state index contributed by atoms with van der Waals surface area (Å²) in [6.07, 6.45) is 6.90. The summed E-state index contributed by atoms with van der Waals surface area (Å²) >= 11 is 0. The van der Waals surface area contributed by atoms with E-state index in [4.69, 9.17) is 0 Å². The first-order chi connectivity index (χ1) is 12.6. The summed E-state index contributed by atoms with van der Waals surface area (Å²) < 4.78 is 0. The van der Waals surface area contributed by atoms with Crippen molar-refractivity contribution >= 4 is 23.2 Å². The van der Waals surface area contributed by atoms with Gasteiger partial charge in [-0.2, -0.15) is 0 Å². The molecule has 0 aliphatic heterocycles. The van der Waals surface area contributed by atoms with Gasteiger partial charge in [0.25, 0.3) is 0 Å². The molecule has 0 aromatic heterocycles. The number of rotatable bonds is 4. The molecule has 0 spiro atoms. The van der Waals surface area contributed by atoms with Gasteiger partial charge in [-0.15, -0.1) is 0 Å². The molecule has 5 rings (SSSR count). The highest BCUT2D eigenvalue weighted by Gasteiger charge is 2.62. The van der Waals surface area contributed by atoms with Crippen LogP contribution in [0.5, 0.6) is 0 Å². The molecule has 2 unspecified atom stereocenters. The van der Waals surface area contributed by atoms with E-state index in [9.17, 15) is 9.59 Å². The van der Waals surface area contributed by atoms with E-state index in [2.05, 4.69) is 24.5 Å². The van der Waals surface area contributed by atoms with Crippen LogP contribution in [0, 0.1) is 28.1 Å². The zero-order valence-electron chi connectivity index (χ0n) is 17.0. The van der Waals surface area contributed by atoms with Gasteiger partial charge < -0.3 is 10.6 Å². The van der Waals surface area contributed by atoms with Crippen LogP contribution in [0.25, 0.3) is 0 Å². The van der Waals surface area contributed by atoms with Crippen LogP contribution in [-0.2, 0) is 9.59 Å². The Balaban J connectivity index is 1.52. The molecule has 1 aromatic carbocycles. The first-order valence-corrected chi connectivity index (χ1v) is 10.3. The number of carbonyl (C=O) groups excluding carboxylic acids is 2. The minimum Gasteiger partial charge on any atom is -0.326 e. The first kappa shape index (κ1) is 18.5. The standard InChI is InChI=1S/C23H32N2O2/c1-15(2)19(26)24-17-6-5-7-18(8-17)25-20(27)23-11-16-9-21(3,13-23)12-22(4,10-16)14-23/h5-8,15-16H,9-14H2,1-4H3,(H,24,26)(H,25,27). The van der Waals surface area contributed by atoms with Gasteiger partial charge in [-0.1, -0.05) is 33.8 Å². The lowest BCUT2D eigenvalue weighted by Crippen LogP contribution is -2.58. The van der Waals surface area contributed by atoms with Crippen molar-refractivity contribution in [3.8, 4) is 0 Å². The zero-order chi connectivity index (χ0) is 19.4. The lowest BCUT2D eigenvalue weighted by atomic mass is 9.40. The molecule has 27 heavy (non-hydrogen) atoms. The normalized spacial score (nSPS) is 36.7. The highest BCUT2D eigenvalue weighted by atomic mass is 16.2. The second-order valence-corrected chi connectivity index (χ2v) is 10.6. The van der Waals surface area contributed by atoms with Gasteiger partial charge in [0, 0.05) is 17.3 Å². The molecule has 2 amide bonds. The van der Waals surface area contributed by atoms with Crippen molar-refractivity contribution in [2.45, 2.75) is 66.2 Å². The molecule has 4 saturated carbocycles. The van der Waals surface area contributed by atoms with Crippen LogP contribution >= 0.6 is 0 Å². The molecule has 4 nitrogen and oxygen atoms in total. The fourth-order valence-electron chi connectivity index (χ4n) is 6.93. The topological polar surface area (TPSA) is 58.2 Å². The summed E-state index contributed by atoms with van der Waals surface area (Å²) in [5.41, 5.74) is 1.92. The van der Waals surface area contributed by atoms with Crippen molar-refractivity contribution in [1.29, 1.82) is 0 Å². The molecule has 146 valence electrons. The predicted molar refractivity (Wildman–Crippen MR) is 108 cm³/mol. The highest BCUT2D eigenvalue weighted by Crippen LogP contribution is 2.69. The van der Waals surface area contributed by atoms with Gasteiger partial charge in [-0.25, -0.2) is 0 Å². The largest absolute Gasteiger partial charge is 0.326 e. The fraction of sp³-hybridized carbons (Fsp3) is 0.652. The number of hydrogen-bond donors (Lipinski definition) is 2. The van der Waals surface area contributed by atoms with E-state index in [1.54, 1.807) is 0 Å². The van der Waals surface area contributed by atoms with E-state index in [1.807, 2.05) is 38.1 Å². The molecular weight excluding hydrogens is 336 g/mol. The SMILES string of the molecule is CC(C)C(=O)Nc1cccc(NC(=O)C23CC4CC(C)(CC(C)(C4)C2)C3)c1. The third-order valence-electron chi connectivity index (χ3n) is 7.02. The summed E-state index contributed by atoms with van der Waals surface area (Å²) in [5, 5.41) is 6.10. The molecule has 4 bridgehead atoms. The first-order valence-electron chi connectivity index (χ1n) is 10.3. The average molecular weight is 369 g/mol. The molecule has 2 N–H and O–H groups in total. The smallest absolute Gasteiger partial charge is 0.230 e. The minimum absolute atomic E-state index is 0.0135. The molecule has 2 atom stereocenters. The van der Waals surface area contributed by atoms with Crippen LogP contribution in [0.4, 0.5) is 11.4 Å². The number of carbonyl (C=O) groups is 2. The Morgan fingerprint density at radius 2 is 1.56 bits per heavy atom. The maximum absolute atomic E-state index is 13.4. The number of anilines is 2. The molecule has 4 aliphatic carbocycles. The summed E-state index contributed by atoms with van der Waals surface area (Å²) in [4.78, 5) is 25.3. The molecule has 4 heteroatoms. The molecule has 0 heterocycles. The number of hydrogen-bond acceptors (Lipinski definition) is 2. The minimum atomic E-state index is -0.222. The van der Waals surface area contributed by atoms with Crippen molar-refractivity contribution in [2.75, 3.05) is 10.6 Å². The van der Waals surface area contributed by atoms with Gasteiger partial charge in [0.05, 0.1) is 5.41 Å². The molecule has 0 radical (unpaired) electrons. The molecule has 1 aromatic rings. The Hall–Kier alpha value is -1.84. The van der Waals surface area contributed by atoms with Crippen molar-refractivity contribution in [1.82, 2.24) is 0 Å². The third kappa shape index (κ3) is 3.39. The second-order valence-electron chi connectivity index (χ2n) is 10.6. The Morgan fingerprint density at radius 1 is 0.963 bits per heavy atom. The van der Waals surface area contributed by atoms with Crippen LogP contribution in [0.15, 0.2) is 24.3 Å². The molecule has 4 fully saturated rings. The van der Waals surface area contributed by atoms with Gasteiger partial charge >= 0.3 is 0 Å². The van der Waals surface area contributed by atoms with E-state index in [1.165, 1.54) is 19.3 Å². The zero-order valence-corrected chi connectivity index (χ0v) is 17.0. The maximum Gasteiger partial charge on any atom is 0.230 e. The Bertz CT molecular complexity index is 766. The van der Waals surface area contributed by atoms with Gasteiger partial charge in [0.2, 0.25) is 11.8 Å². The fourth-order valence-corrected chi connectivity index (χ4v) is 6.93. The third-order valence-corrected chi connectivity index (χ3v) is 7.02. The van der Waals surface area contributed by atoms with Gasteiger partial charge in [0.15, 0.2) is 0 Å². The predicted octanol–water partition coefficient (Wildman–Crippen LogP) is 5.22. The second kappa shape index (κ2) is 6.08. The summed E-state index contributed by atoms with van der Waals surface area (Å²) in [5.74, 6) is 0.784. The van der Waals surface area contributed by atoms with Gasteiger partial charge in [-0.3, -0.25) is 9.59 Å². The number of amides is 2. The Kier molecular flexibility index (Phi) is 4.17. The molecule has 4 aliphatic rings. The van der Waals surface area contributed by atoms with Crippen LogP contribution in [0.1, 0.15) is 66.2 Å². The van der Waals surface area contributed by atoms with E-state index >= 15 is 0 Å². The van der Waals surface area contributed by atoms with Crippen LogP contribution < -0.4 is 10.6 Å². The van der Waals surface area contributed by atoms with Crippen LogP contribution in [0.3, 0.4) is 0 Å². The van der Waals surface area contributed by atoms with Crippen molar-refractivity contribution in [2.24, 2.45) is 28.1 Å². The van der Waals surface area contributed by atoms with Gasteiger partial charge in [-0.05, 0) is 73.5 Å². The van der Waals surface area contributed by atoms with Crippen LogP contribution in [0.2, 0.25) is 0 Å². The van der Waals surface area contributed by atoms with E-state index in [-0.39, 0.29) is 23.1 Å². The van der Waals surface area contributed by atoms with Crippen molar-refractivity contribution in [3.05, 3.63) is 24.3 Å². The van der Waals surface area contributed by atoms with Crippen molar-refractivity contribution < 1.29 is 9.59 Å². The quantitative estimate of drug-likeness (QED) is 0.766. The lowest BCUT2D eigenvalue weighted by molar-refractivity contribution is -0.165. The average Bonchev–Trinajstić information content (AvgIpc) is 2.51. The highest BCUT2D eigenvalue weighted by molar-refractivity contribution is 5.97. The number of benzene rings is 1. The van der Waals surface area contributed by atoms with E-state index in [0.29, 0.717) is 16.7 Å². The van der Waals surface area contributed by atoms with Crippen LogP contribution in [-0.4, -0.2) is 11.8 Å².